The van der Waals surface area contributed by atoms with Gasteiger partial charge in [0.15, 0.2) is 0 Å². The van der Waals surface area contributed by atoms with E-state index >= 15 is 0 Å². The van der Waals surface area contributed by atoms with E-state index in [1.54, 1.807) is 6.07 Å². The van der Waals surface area contributed by atoms with Gasteiger partial charge >= 0.3 is 5.97 Å². The lowest BCUT2D eigenvalue weighted by molar-refractivity contribution is -0.150. The second-order valence-corrected chi connectivity index (χ2v) is 8.42. The first-order chi connectivity index (χ1) is 12.9. The van der Waals surface area contributed by atoms with Crippen LogP contribution in [0.5, 0.6) is 0 Å². The van der Waals surface area contributed by atoms with Gasteiger partial charge in [-0.25, -0.2) is 0 Å². The molecule has 4 rings (SSSR count). The van der Waals surface area contributed by atoms with Crippen molar-refractivity contribution < 1.29 is 14.3 Å². The van der Waals surface area contributed by atoms with Crippen molar-refractivity contribution >= 4 is 34.4 Å². The molecular formula is C20H24ClN3O3. The van der Waals surface area contributed by atoms with Crippen molar-refractivity contribution in [1.29, 1.82) is 0 Å². The molecule has 0 radical (unpaired) electrons. The molecule has 2 saturated heterocycles. The minimum atomic E-state index is -0.425. The summed E-state index contributed by atoms with van der Waals surface area (Å²) in [6, 6.07) is 7.36. The number of fused-ring (bicyclic) bond motifs is 1. The minimum absolute atomic E-state index is 0.0339. The maximum atomic E-state index is 12.9. The number of amides is 1. The Morgan fingerprint density at radius 3 is 2.78 bits per heavy atom. The van der Waals surface area contributed by atoms with E-state index in [4.69, 9.17) is 16.3 Å². The van der Waals surface area contributed by atoms with Crippen molar-refractivity contribution in [2.75, 3.05) is 33.7 Å². The molecule has 2 aliphatic rings. The SMILES string of the molecule is CN(C)CC1CC2(CCN(C(=O)c3cc4cc(Cl)ccc4[nH]3)CC2)C(=O)O1. The molecule has 1 unspecified atom stereocenters. The van der Waals surface area contributed by atoms with Gasteiger partial charge in [-0.1, -0.05) is 11.6 Å². The maximum absolute atomic E-state index is 12.9. The molecule has 1 aromatic heterocycles. The van der Waals surface area contributed by atoms with Gasteiger partial charge in [-0.3, -0.25) is 9.59 Å². The molecule has 1 spiro atoms. The van der Waals surface area contributed by atoms with Crippen molar-refractivity contribution in [2.24, 2.45) is 5.41 Å². The van der Waals surface area contributed by atoms with Gasteiger partial charge in [0.05, 0.1) is 5.41 Å². The Kier molecular flexibility index (Phi) is 4.64. The highest BCUT2D eigenvalue weighted by Gasteiger charge is 2.50. The van der Waals surface area contributed by atoms with E-state index in [0.29, 0.717) is 36.6 Å². The van der Waals surface area contributed by atoms with E-state index in [1.807, 2.05) is 42.1 Å². The van der Waals surface area contributed by atoms with Gasteiger partial charge < -0.3 is 19.5 Å². The number of benzene rings is 1. The summed E-state index contributed by atoms with van der Waals surface area (Å²) in [6.45, 7) is 1.88. The lowest BCUT2D eigenvalue weighted by Crippen LogP contribution is -2.45. The number of carbonyl (C=O) groups is 2. The number of nitrogens with zero attached hydrogens (tertiary/aromatic N) is 2. The Labute approximate surface area is 163 Å². The number of aromatic amines is 1. The summed E-state index contributed by atoms with van der Waals surface area (Å²) in [7, 11) is 3.96. The third kappa shape index (κ3) is 3.44. The smallest absolute Gasteiger partial charge is 0.312 e. The molecule has 1 aromatic carbocycles. The molecule has 6 nitrogen and oxygen atoms in total. The van der Waals surface area contributed by atoms with Crippen LogP contribution in [0.1, 0.15) is 29.8 Å². The fourth-order valence-electron chi connectivity index (χ4n) is 4.28. The molecule has 1 amide bonds. The molecule has 1 N–H and O–H groups in total. The zero-order chi connectivity index (χ0) is 19.2. The number of rotatable bonds is 3. The van der Waals surface area contributed by atoms with Gasteiger partial charge in [-0.2, -0.15) is 0 Å². The zero-order valence-corrected chi connectivity index (χ0v) is 16.4. The molecule has 27 heavy (non-hydrogen) atoms. The highest BCUT2D eigenvalue weighted by Crippen LogP contribution is 2.43. The zero-order valence-electron chi connectivity index (χ0n) is 15.6. The Morgan fingerprint density at radius 2 is 2.07 bits per heavy atom. The van der Waals surface area contributed by atoms with Crippen LogP contribution in [-0.2, 0) is 9.53 Å². The number of likely N-dealkylation sites (tertiary alicyclic amines) is 1. The predicted molar refractivity (Wildman–Crippen MR) is 104 cm³/mol. The van der Waals surface area contributed by atoms with Crippen molar-refractivity contribution in [3.05, 3.63) is 35.0 Å². The molecule has 0 aliphatic carbocycles. The van der Waals surface area contributed by atoms with E-state index in [-0.39, 0.29) is 18.0 Å². The molecule has 7 heteroatoms. The molecule has 2 aliphatic heterocycles. The predicted octanol–water partition coefficient (Wildman–Crippen LogP) is 2.92. The van der Waals surface area contributed by atoms with Gasteiger partial charge in [0.2, 0.25) is 0 Å². The number of cyclic esters (lactones) is 1. The number of likely N-dealkylation sites (N-methyl/N-ethyl adjacent to an activating group) is 1. The number of carbonyl (C=O) groups excluding carboxylic acids is 2. The average Bonchev–Trinajstić information content (AvgIpc) is 3.15. The second kappa shape index (κ2) is 6.84. The van der Waals surface area contributed by atoms with E-state index < -0.39 is 5.41 Å². The summed E-state index contributed by atoms with van der Waals surface area (Å²) in [5, 5.41) is 1.57. The lowest BCUT2D eigenvalue weighted by atomic mass is 9.76. The summed E-state index contributed by atoms with van der Waals surface area (Å²) < 4.78 is 5.59. The molecule has 3 heterocycles. The summed E-state index contributed by atoms with van der Waals surface area (Å²) in [5.41, 5.74) is 1.02. The number of hydrogen-bond acceptors (Lipinski definition) is 4. The van der Waals surface area contributed by atoms with Crippen molar-refractivity contribution in [3.8, 4) is 0 Å². The van der Waals surface area contributed by atoms with Crippen LogP contribution < -0.4 is 0 Å². The van der Waals surface area contributed by atoms with Gasteiger partial charge in [0.1, 0.15) is 11.8 Å². The standard InChI is InChI=1S/C20H24ClN3O3/c1-23(2)12-15-11-20(19(26)27-15)5-7-24(8-6-20)18(25)17-10-13-9-14(21)3-4-16(13)22-17/h3-4,9-10,15,22H,5-8,11-12H2,1-2H3. The molecule has 2 fully saturated rings. The van der Waals surface area contributed by atoms with Crippen LogP contribution in [0.25, 0.3) is 10.9 Å². The highest BCUT2D eigenvalue weighted by atomic mass is 35.5. The first-order valence-corrected chi connectivity index (χ1v) is 9.67. The maximum Gasteiger partial charge on any atom is 0.312 e. The Morgan fingerprint density at radius 1 is 1.33 bits per heavy atom. The Hall–Kier alpha value is -2.05. The number of nitrogens with one attached hydrogen (secondary N) is 1. The average molecular weight is 390 g/mol. The van der Waals surface area contributed by atoms with Gasteiger partial charge in [-0.15, -0.1) is 0 Å². The van der Waals surface area contributed by atoms with E-state index in [0.717, 1.165) is 23.9 Å². The molecule has 1 atom stereocenters. The van der Waals surface area contributed by atoms with E-state index in [2.05, 4.69) is 4.98 Å². The minimum Gasteiger partial charge on any atom is -0.461 e. The number of ether oxygens (including phenoxy) is 1. The van der Waals surface area contributed by atoms with Crippen molar-refractivity contribution in [1.82, 2.24) is 14.8 Å². The number of aromatic nitrogens is 1. The van der Waals surface area contributed by atoms with Crippen LogP contribution in [0, 0.1) is 5.41 Å². The van der Waals surface area contributed by atoms with E-state index in [9.17, 15) is 9.59 Å². The lowest BCUT2D eigenvalue weighted by Gasteiger charge is -2.36. The van der Waals surface area contributed by atoms with Crippen LogP contribution in [0.4, 0.5) is 0 Å². The highest BCUT2D eigenvalue weighted by molar-refractivity contribution is 6.31. The summed E-state index contributed by atoms with van der Waals surface area (Å²) in [4.78, 5) is 32.4. The quantitative estimate of drug-likeness (QED) is 0.820. The number of esters is 1. The van der Waals surface area contributed by atoms with Crippen molar-refractivity contribution in [3.63, 3.8) is 0 Å². The van der Waals surface area contributed by atoms with Crippen LogP contribution in [-0.4, -0.2) is 66.5 Å². The molecule has 144 valence electrons. The largest absolute Gasteiger partial charge is 0.461 e. The second-order valence-electron chi connectivity index (χ2n) is 7.98. The van der Waals surface area contributed by atoms with Crippen LogP contribution in [0.15, 0.2) is 24.3 Å². The molecule has 0 saturated carbocycles. The Bertz CT molecular complexity index is 884. The molecular weight excluding hydrogens is 366 g/mol. The number of piperidine rings is 1. The third-order valence-corrected chi connectivity index (χ3v) is 5.95. The fraction of sp³-hybridized carbons (Fsp3) is 0.500. The van der Waals surface area contributed by atoms with Gasteiger partial charge in [-0.05, 0) is 51.2 Å². The summed E-state index contributed by atoms with van der Waals surface area (Å²) >= 11 is 6.03. The first-order valence-electron chi connectivity index (χ1n) is 9.30. The first kappa shape index (κ1) is 18.3. The van der Waals surface area contributed by atoms with Gasteiger partial charge in [0.25, 0.3) is 5.91 Å². The summed E-state index contributed by atoms with van der Waals surface area (Å²) in [5.74, 6) is -0.130. The van der Waals surface area contributed by atoms with Crippen LogP contribution >= 0.6 is 11.6 Å². The van der Waals surface area contributed by atoms with Crippen LogP contribution in [0.2, 0.25) is 5.02 Å². The normalized spacial score (nSPS) is 22.0. The van der Waals surface area contributed by atoms with Crippen molar-refractivity contribution in [2.45, 2.75) is 25.4 Å². The van der Waals surface area contributed by atoms with Crippen LogP contribution in [0.3, 0.4) is 0 Å². The third-order valence-electron chi connectivity index (χ3n) is 5.71. The fourth-order valence-corrected chi connectivity index (χ4v) is 4.46. The molecule has 2 aromatic rings. The molecule has 0 bridgehead atoms. The van der Waals surface area contributed by atoms with E-state index in [1.165, 1.54) is 0 Å². The topological polar surface area (TPSA) is 65.6 Å². The summed E-state index contributed by atoms with van der Waals surface area (Å²) in [6.07, 6.45) is 2.02. The Balaban J connectivity index is 1.44. The number of halogens is 1. The van der Waals surface area contributed by atoms with Gasteiger partial charge in [0, 0.05) is 42.0 Å². The monoisotopic (exact) mass is 389 g/mol. The number of H-pyrrole nitrogens is 1. The number of hydrogen-bond donors (Lipinski definition) is 1.